The predicted octanol–water partition coefficient (Wildman–Crippen LogP) is 1.37. The molecule has 0 radical (unpaired) electrons. The minimum atomic E-state index is -1.56. The van der Waals surface area contributed by atoms with Gasteiger partial charge in [0.25, 0.3) is 0 Å². The molecule has 0 fully saturated rings. The number of nitrogens with two attached hydrogens (primary N) is 2. The van der Waals surface area contributed by atoms with Crippen LogP contribution in [0.5, 0.6) is 0 Å². The molecule has 0 spiro atoms. The Balaban J connectivity index is 2.45. The van der Waals surface area contributed by atoms with Gasteiger partial charge >= 0.3 is 4.34 Å². The van der Waals surface area contributed by atoms with E-state index in [9.17, 15) is 4.55 Å². The number of aromatic nitrogens is 1. The van der Waals surface area contributed by atoms with E-state index in [0.717, 1.165) is 16.9 Å². The Bertz CT molecular complexity index is 456. The van der Waals surface area contributed by atoms with Crippen molar-refractivity contribution < 1.29 is 4.55 Å². The van der Waals surface area contributed by atoms with Gasteiger partial charge in [-0.15, -0.1) is 5.14 Å². The van der Waals surface area contributed by atoms with E-state index in [1.54, 1.807) is 0 Å². The number of thiazole rings is 1. The molecule has 1 atom stereocenters. The van der Waals surface area contributed by atoms with E-state index in [-0.39, 0.29) is 0 Å². The van der Waals surface area contributed by atoms with Crippen LogP contribution in [0.25, 0.3) is 11.3 Å². The third-order valence-corrected chi connectivity index (χ3v) is 3.71. The highest BCUT2D eigenvalue weighted by Gasteiger charge is 2.17. The lowest BCUT2D eigenvalue weighted by atomic mass is 10.2. The Morgan fingerprint density at radius 2 is 1.93 bits per heavy atom. The van der Waals surface area contributed by atoms with Gasteiger partial charge in [-0.1, -0.05) is 30.3 Å². The molecule has 2 aromatic rings. The minimum absolute atomic E-state index is 0.353. The van der Waals surface area contributed by atoms with Crippen molar-refractivity contribution in [1.29, 1.82) is 0 Å². The van der Waals surface area contributed by atoms with Gasteiger partial charge in [-0.2, -0.15) is 4.98 Å². The van der Waals surface area contributed by atoms with Crippen molar-refractivity contribution in [2.45, 2.75) is 4.34 Å². The van der Waals surface area contributed by atoms with Gasteiger partial charge in [0.1, 0.15) is 22.1 Å². The summed E-state index contributed by atoms with van der Waals surface area (Å²) in [6.45, 7) is 0. The summed E-state index contributed by atoms with van der Waals surface area (Å²) >= 11 is -0.406. The van der Waals surface area contributed by atoms with E-state index < -0.39 is 11.4 Å². The fraction of sp³-hybridized carbons (Fsp3) is 0. The lowest BCUT2D eigenvalue weighted by Crippen LogP contribution is -2.11. The Hall–Kier alpha value is -1.08. The van der Waals surface area contributed by atoms with Gasteiger partial charge in [0.15, 0.2) is 0 Å². The number of hydrogen-bond donors (Lipinski definition) is 2. The monoisotopic (exact) mass is 239 g/mol. The van der Waals surface area contributed by atoms with Crippen molar-refractivity contribution in [3.05, 3.63) is 30.3 Å². The van der Waals surface area contributed by atoms with Crippen LogP contribution < -0.4 is 10.9 Å². The number of rotatable bonds is 2. The molecule has 0 bridgehead atoms. The number of anilines is 1. The first-order valence-electron chi connectivity index (χ1n) is 4.16. The Morgan fingerprint density at radius 1 is 1.27 bits per heavy atom. The van der Waals surface area contributed by atoms with Crippen molar-refractivity contribution >= 4 is 27.7 Å². The summed E-state index contributed by atoms with van der Waals surface area (Å²) < 4.78 is 11.4. The van der Waals surface area contributed by atoms with Crippen molar-refractivity contribution in [1.82, 2.24) is 4.98 Å². The summed E-state index contributed by atoms with van der Waals surface area (Å²) in [5.41, 5.74) is 7.33. The van der Waals surface area contributed by atoms with E-state index in [4.69, 9.17) is 10.9 Å². The largest absolute Gasteiger partial charge is 0.591 e. The van der Waals surface area contributed by atoms with Gasteiger partial charge in [0, 0.05) is 5.56 Å². The topological polar surface area (TPSA) is 88.0 Å². The maximum absolute atomic E-state index is 11.0. The summed E-state index contributed by atoms with van der Waals surface area (Å²) in [6, 6.07) is 9.50. The molecule has 0 aliphatic heterocycles. The molecule has 4 N–H and O–H groups in total. The molecule has 1 unspecified atom stereocenters. The van der Waals surface area contributed by atoms with Crippen LogP contribution in [0.2, 0.25) is 0 Å². The normalized spacial score (nSPS) is 12.7. The van der Waals surface area contributed by atoms with Gasteiger partial charge in [0.2, 0.25) is 0 Å². The van der Waals surface area contributed by atoms with E-state index in [0.29, 0.717) is 15.0 Å². The number of nitrogen functional groups attached to an aromatic ring is 1. The fourth-order valence-electron chi connectivity index (χ4n) is 1.20. The van der Waals surface area contributed by atoms with Crippen LogP contribution in [-0.2, 0) is 11.4 Å². The third-order valence-electron chi connectivity index (χ3n) is 1.85. The molecule has 6 heteroatoms. The highest BCUT2D eigenvalue weighted by atomic mass is 32.2. The highest BCUT2D eigenvalue weighted by molar-refractivity contribution is 7.91. The lowest BCUT2D eigenvalue weighted by molar-refractivity contribution is 0.596. The zero-order chi connectivity index (χ0) is 10.8. The summed E-state index contributed by atoms with van der Waals surface area (Å²) in [5, 5.41) is 5.78. The summed E-state index contributed by atoms with van der Waals surface area (Å²) in [4.78, 5) is 4.15. The Labute approximate surface area is 94.3 Å². The Morgan fingerprint density at radius 3 is 2.47 bits per heavy atom. The number of nitrogens with zero attached hydrogens (tertiary/aromatic N) is 1. The van der Waals surface area contributed by atoms with Gasteiger partial charge in [-0.3, -0.25) is 0 Å². The van der Waals surface area contributed by atoms with E-state index in [1.807, 2.05) is 30.3 Å². The average molecular weight is 239 g/mol. The van der Waals surface area contributed by atoms with Crippen molar-refractivity contribution in [2.75, 3.05) is 5.73 Å². The van der Waals surface area contributed by atoms with Crippen LogP contribution in [0.1, 0.15) is 0 Å². The van der Waals surface area contributed by atoms with Crippen LogP contribution in [-0.4, -0.2) is 9.54 Å². The summed E-state index contributed by atoms with van der Waals surface area (Å²) in [7, 11) is 0. The molecule has 0 aliphatic rings. The predicted molar refractivity (Wildman–Crippen MR) is 62.6 cm³/mol. The molecule has 1 aromatic heterocycles. The lowest BCUT2D eigenvalue weighted by Gasteiger charge is -1.96. The van der Waals surface area contributed by atoms with Gasteiger partial charge in [-0.05, 0) is 11.3 Å². The quantitative estimate of drug-likeness (QED) is 0.775. The minimum Gasteiger partial charge on any atom is -0.591 e. The van der Waals surface area contributed by atoms with Crippen molar-refractivity contribution in [3.63, 3.8) is 0 Å². The third kappa shape index (κ3) is 2.13. The fourth-order valence-corrected chi connectivity index (χ4v) is 2.56. The maximum Gasteiger partial charge on any atom is 0.325 e. The zero-order valence-corrected chi connectivity index (χ0v) is 9.35. The second kappa shape index (κ2) is 4.19. The molecule has 0 saturated carbocycles. The summed E-state index contributed by atoms with van der Waals surface area (Å²) in [6.07, 6.45) is 0. The molecule has 0 saturated heterocycles. The van der Waals surface area contributed by atoms with Crippen LogP contribution in [0.3, 0.4) is 0 Å². The highest BCUT2D eigenvalue weighted by Crippen LogP contribution is 2.31. The molecule has 1 heterocycles. The van der Waals surface area contributed by atoms with Crippen molar-refractivity contribution in [3.8, 4) is 11.3 Å². The zero-order valence-electron chi connectivity index (χ0n) is 7.71. The first-order chi connectivity index (χ1) is 7.18. The number of hydrogen-bond acceptors (Lipinski definition) is 5. The smallest absolute Gasteiger partial charge is 0.325 e. The second-order valence-electron chi connectivity index (χ2n) is 2.86. The van der Waals surface area contributed by atoms with Crippen LogP contribution >= 0.6 is 11.3 Å². The molecule has 4 nitrogen and oxygen atoms in total. The molecule has 15 heavy (non-hydrogen) atoms. The molecule has 0 aliphatic carbocycles. The van der Waals surface area contributed by atoms with E-state index in [2.05, 4.69) is 4.98 Å². The number of benzene rings is 1. The van der Waals surface area contributed by atoms with E-state index >= 15 is 0 Å². The Kier molecular flexibility index (Phi) is 2.92. The molecule has 0 amide bonds. The van der Waals surface area contributed by atoms with E-state index in [1.165, 1.54) is 0 Å². The molecule has 1 aromatic carbocycles. The van der Waals surface area contributed by atoms with Crippen molar-refractivity contribution in [2.24, 2.45) is 5.14 Å². The standard InChI is InChI=1S/C9H9N3OS2/c10-8-7(6-4-2-1-3-5-6)12-9(14-8)15(11)13/h1-5H,10-11H2. The second-order valence-corrected chi connectivity index (χ2v) is 5.13. The first kappa shape index (κ1) is 10.4. The van der Waals surface area contributed by atoms with Crippen LogP contribution in [0, 0.1) is 0 Å². The summed E-state index contributed by atoms with van der Waals surface area (Å²) in [5.74, 6) is 0. The molecular weight excluding hydrogens is 230 g/mol. The van der Waals surface area contributed by atoms with Crippen LogP contribution in [0.15, 0.2) is 34.7 Å². The van der Waals surface area contributed by atoms with Gasteiger partial charge in [-0.25, -0.2) is 0 Å². The van der Waals surface area contributed by atoms with Gasteiger partial charge in [0.05, 0.1) is 0 Å². The molecule has 78 valence electrons. The molecule has 2 rings (SSSR count). The SMILES string of the molecule is Nc1sc([S+](N)[O-])nc1-c1ccccc1. The van der Waals surface area contributed by atoms with Crippen LogP contribution in [0.4, 0.5) is 5.00 Å². The maximum atomic E-state index is 11.0. The van der Waals surface area contributed by atoms with Gasteiger partial charge < -0.3 is 10.3 Å². The first-order valence-corrected chi connectivity index (χ1v) is 6.19. The average Bonchev–Trinajstić information content (AvgIpc) is 2.62. The molecular formula is C9H9N3OS2.